The predicted molar refractivity (Wildman–Crippen MR) is 79.0 cm³/mol. The molecule has 0 radical (unpaired) electrons. The molecule has 1 saturated heterocycles. The highest BCUT2D eigenvalue weighted by Crippen LogP contribution is 2.50. The number of carboxylic acid groups (broad SMARTS) is 1. The van der Waals surface area contributed by atoms with Crippen LogP contribution < -0.4 is 0 Å². The first-order chi connectivity index (χ1) is 9.68. The van der Waals surface area contributed by atoms with E-state index in [-0.39, 0.29) is 11.8 Å². The van der Waals surface area contributed by atoms with E-state index in [4.69, 9.17) is 5.11 Å². The summed E-state index contributed by atoms with van der Waals surface area (Å²) in [6, 6.07) is 8.67. The zero-order chi connectivity index (χ0) is 14.0. The Balaban J connectivity index is 1.58. The molecule has 1 aromatic carbocycles. The second-order valence-electron chi connectivity index (χ2n) is 6.35. The number of rotatable bonds is 6. The van der Waals surface area contributed by atoms with Gasteiger partial charge in [0.15, 0.2) is 0 Å². The van der Waals surface area contributed by atoms with Gasteiger partial charge in [0.1, 0.15) is 0 Å². The molecular formula is C17H23NO2. The summed E-state index contributed by atoms with van der Waals surface area (Å²) < 4.78 is 0. The molecule has 3 nitrogen and oxygen atoms in total. The quantitative estimate of drug-likeness (QED) is 0.866. The van der Waals surface area contributed by atoms with Crippen LogP contribution in [0.4, 0.5) is 0 Å². The normalized spacial score (nSPS) is 21.0. The fourth-order valence-electron chi connectivity index (χ4n) is 3.33. The van der Waals surface area contributed by atoms with Crippen molar-refractivity contribution in [2.75, 3.05) is 19.6 Å². The third kappa shape index (κ3) is 3.04. The summed E-state index contributed by atoms with van der Waals surface area (Å²) in [5.41, 5.74) is 2.52. The highest BCUT2D eigenvalue weighted by atomic mass is 16.4. The van der Waals surface area contributed by atoms with Gasteiger partial charge in [-0.2, -0.15) is 0 Å². The number of likely N-dealkylation sites (tertiary alicyclic amines) is 1. The first kappa shape index (κ1) is 13.6. The predicted octanol–water partition coefficient (Wildman–Crippen LogP) is 2.83. The van der Waals surface area contributed by atoms with Gasteiger partial charge in [0, 0.05) is 12.0 Å². The fourth-order valence-corrected chi connectivity index (χ4v) is 3.33. The average molecular weight is 273 g/mol. The topological polar surface area (TPSA) is 40.5 Å². The number of benzene rings is 1. The lowest BCUT2D eigenvalue weighted by Gasteiger charge is -2.16. The maximum atomic E-state index is 10.9. The van der Waals surface area contributed by atoms with E-state index in [2.05, 4.69) is 29.2 Å². The second-order valence-corrected chi connectivity index (χ2v) is 6.35. The van der Waals surface area contributed by atoms with Crippen LogP contribution in [-0.4, -0.2) is 35.6 Å². The van der Waals surface area contributed by atoms with Crippen molar-refractivity contribution in [3.8, 4) is 0 Å². The van der Waals surface area contributed by atoms with Crippen LogP contribution in [0.15, 0.2) is 24.3 Å². The first-order valence-electron chi connectivity index (χ1n) is 7.72. The summed E-state index contributed by atoms with van der Waals surface area (Å²) in [7, 11) is 0. The van der Waals surface area contributed by atoms with E-state index in [1.54, 1.807) is 0 Å². The molecular weight excluding hydrogens is 250 g/mol. The number of aliphatic carboxylic acids is 1. The van der Waals surface area contributed by atoms with E-state index in [0.717, 1.165) is 25.8 Å². The second kappa shape index (κ2) is 5.57. The number of hydrogen-bond donors (Lipinski definition) is 1. The summed E-state index contributed by atoms with van der Waals surface area (Å²) in [6.45, 7) is 3.65. The molecule has 3 heteroatoms. The van der Waals surface area contributed by atoms with Crippen LogP contribution in [0.2, 0.25) is 0 Å². The molecule has 1 aliphatic heterocycles. The Bertz CT molecular complexity index is 470. The van der Waals surface area contributed by atoms with E-state index in [1.165, 1.54) is 37.1 Å². The molecule has 0 aromatic heterocycles. The van der Waals surface area contributed by atoms with Gasteiger partial charge in [-0.15, -0.1) is 0 Å². The van der Waals surface area contributed by atoms with Crippen LogP contribution in [-0.2, 0) is 16.6 Å². The third-order valence-electron chi connectivity index (χ3n) is 4.82. The molecule has 3 rings (SSSR count). The molecule has 0 unspecified atom stereocenters. The van der Waals surface area contributed by atoms with E-state index < -0.39 is 5.97 Å². The smallest absolute Gasteiger partial charge is 0.304 e. The van der Waals surface area contributed by atoms with Crippen LogP contribution in [0.5, 0.6) is 0 Å². The van der Waals surface area contributed by atoms with Crippen molar-refractivity contribution in [2.24, 2.45) is 0 Å². The van der Waals surface area contributed by atoms with Crippen LogP contribution in [0.3, 0.4) is 0 Å². The Hall–Kier alpha value is -1.35. The number of hydrogen-bond acceptors (Lipinski definition) is 2. The van der Waals surface area contributed by atoms with E-state index >= 15 is 0 Å². The van der Waals surface area contributed by atoms with Gasteiger partial charge in [-0.3, -0.25) is 4.79 Å². The van der Waals surface area contributed by atoms with Gasteiger partial charge in [0.05, 0.1) is 6.42 Å². The van der Waals surface area contributed by atoms with Gasteiger partial charge in [0.25, 0.3) is 0 Å². The van der Waals surface area contributed by atoms with Crippen LogP contribution in [0.1, 0.15) is 43.2 Å². The molecule has 0 spiro atoms. The highest BCUT2D eigenvalue weighted by Gasteiger charge is 2.45. The summed E-state index contributed by atoms with van der Waals surface area (Å²) in [4.78, 5) is 13.5. The minimum Gasteiger partial charge on any atom is -0.481 e. The van der Waals surface area contributed by atoms with Gasteiger partial charge in [-0.25, -0.2) is 0 Å². The highest BCUT2D eigenvalue weighted by molar-refractivity contribution is 5.70. The van der Waals surface area contributed by atoms with Crippen molar-refractivity contribution >= 4 is 5.97 Å². The van der Waals surface area contributed by atoms with Crippen LogP contribution >= 0.6 is 0 Å². The molecule has 0 amide bonds. The molecule has 0 bridgehead atoms. The summed E-state index contributed by atoms with van der Waals surface area (Å²) in [6.07, 6.45) is 6.11. The molecule has 1 saturated carbocycles. The Labute approximate surface area is 120 Å². The molecule has 0 atom stereocenters. The van der Waals surface area contributed by atoms with E-state index in [9.17, 15) is 4.79 Å². The monoisotopic (exact) mass is 273 g/mol. The van der Waals surface area contributed by atoms with E-state index in [0.29, 0.717) is 0 Å². The Morgan fingerprint density at radius 3 is 2.35 bits per heavy atom. The van der Waals surface area contributed by atoms with Gasteiger partial charge >= 0.3 is 5.97 Å². The van der Waals surface area contributed by atoms with Crippen molar-refractivity contribution in [2.45, 2.75) is 43.9 Å². The lowest BCUT2D eigenvalue weighted by atomic mass is 9.91. The van der Waals surface area contributed by atoms with Crippen LogP contribution in [0.25, 0.3) is 0 Å². The molecule has 1 aromatic rings. The molecule has 1 aliphatic carbocycles. The van der Waals surface area contributed by atoms with Gasteiger partial charge in [-0.05, 0) is 56.3 Å². The maximum Gasteiger partial charge on any atom is 0.304 e. The van der Waals surface area contributed by atoms with Crippen LogP contribution in [0, 0.1) is 0 Å². The standard InChI is InChI=1S/C17H23NO2/c19-16(20)13-17(8-9-17)15-5-3-14(4-6-15)7-12-18-10-1-2-11-18/h3-6H,1-2,7-13H2,(H,19,20). The fraction of sp³-hybridized carbons (Fsp3) is 0.588. The van der Waals surface area contributed by atoms with Crippen molar-refractivity contribution in [3.05, 3.63) is 35.4 Å². The first-order valence-corrected chi connectivity index (χ1v) is 7.72. The van der Waals surface area contributed by atoms with Crippen molar-refractivity contribution < 1.29 is 9.90 Å². The molecule has 1 N–H and O–H groups in total. The molecule has 2 fully saturated rings. The maximum absolute atomic E-state index is 10.9. The Morgan fingerprint density at radius 2 is 1.80 bits per heavy atom. The lowest BCUT2D eigenvalue weighted by molar-refractivity contribution is -0.137. The van der Waals surface area contributed by atoms with Crippen molar-refractivity contribution in [1.82, 2.24) is 4.90 Å². The largest absolute Gasteiger partial charge is 0.481 e. The Kier molecular flexibility index (Phi) is 3.79. The Morgan fingerprint density at radius 1 is 1.15 bits per heavy atom. The average Bonchev–Trinajstić information content (AvgIpc) is 3.02. The van der Waals surface area contributed by atoms with Crippen molar-refractivity contribution in [1.29, 1.82) is 0 Å². The molecule has 108 valence electrons. The van der Waals surface area contributed by atoms with Gasteiger partial charge in [0.2, 0.25) is 0 Å². The number of carboxylic acids is 1. The lowest BCUT2D eigenvalue weighted by Crippen LogP contribution is -2.22. The summed E-state index contributed by atoms with van der Waals surface area (Å²) in [5.74, 6) is -0.680. The zero-order valence-corrected chi connectivity index (χ0v) is 12.0. The SMILES string of the molecule is O=C(O)CC1(c2ccc(CCN3CCCC3)cc2)CC1. The molecule has 20 heavy (non-hydrogen) atoms. The minimum absolute atomic E-state index is 0.0562. The van der Waals surface area contributed by atoms with E-state index in [1.807, 2.05) is 0 Å². The zero-order valence-electron chi connectivity index (χ0n) is 12.0. The molecule has 1 heterocycles. The summed E-state index contributed by atoms with van der Waals surface area (Å²) >= 11 is 0. The van der Waals surface area contributed by atoms with Crippen molar-refractivity contribution in [3.63, 3.8) is 0 Å². The summed E-state index contributed by atoms with van der Waals surface area (Å²) in [5, 5.41) is 9.00. The number of nitrogens with zero attached hydrogens (tertiary/aromatic N) is 1. The molecule has 2 aliphatic rings. The minimum atomic E-state index is -0.680. The van der Waals surface area contributed by atoms with Gasteiger partial charge in [-0.1, -0.05) is 24.3 Å². The third-order valence-corrected chi connectivity index (χ3v) is 4.82. The number of carbonyl (C=O) groups is 1. The van der Waals surface area contributed by atoms with Gasteiger partial charge < -0.3 is 10.0 Å².